The molecular weight excluding hydrogens is 324 g/mol. The molecule has 0 radical (unpaired) electrons. The maximum absolute atomic E-state index is 12.3. The van der Waals surface area contributed by atoms with Gasteiger partial charge < -0.3 is 5.11 Å². The molecule has 0 aromatic heterocycles. The number of hydrogen-bond acceptors (Lipinski definition) is 5. The standard InChI is InChI=1S/C18H22N2O3S/c21-14-6-1-2-7-15-24(22,23)18-12-10-17(11-13-18)20-19-16-8-4-3-5-9-16/h3-5,8-13,21H,1-2,6-7,14-15H2/b20-19+. The fourth-order valence-electron chi connectivity index (χ4n) is 2.21. The van der Waals surface area contributed by atoms with Crippen LogP contribution < -0.4 is 0 Å². The van der Waals surface area contributed by atoms with E-state index in [2.05, 4.69) is 10.2 Å². The summed E-state index contributed by atoms with van der Waals surface area (Å²) in [4.78, 5) is 0.309. The van der Waals surface area contributed by atoms with Crippen LogP contribution in [0.2, 0.25) is 0 Å². The molecule has 24 heavy (non-hydrogen) atoms. The summed E-state index contributed by atoms with van der Waals surface area (Å²) in [7, 11) is -3.27. The third kappa shape index (κ3) is 5.86. The van der Waals surface area contributed by atoms with E-state index in [1.807, 2.05) is 30.3 Å². The van der Waals surface area contributed by atoms with Gasteiger partial charge in [0.15, 0.2) is 9.84 Å². The lowest BCUT2D eigenvalue weighted by Crippen LogP contribution is -2.06. The van der Waals surface area contributed by atoms with Crippen molar-refractivity contribution in [2.75, 3.05) is 12.4 Å². The normalized spacial score (nSPS) is 11.9. The van der Waals surface area contributed by atoms with Crippen LogP contribution in [0.15, 0.2) is 69.7 Å². The van der Waals surface area contributed by atoms with Crippen LogP contribution in [-0.4, -0.2) is 25.9 Å². The smallest absolute Gasteiger partial charge is 0.178 e. The van der Waals surface area contributed by atoms with Gasteiger partial charge in [-0.3, -0.25) is 0 Å². The lowest BCUT2D eigenvalue weighted by Gasteiger charge is -2.04. The van der Waals surface area contributed by atoms with Gasteiger partial charge in [-0.1, -0.05) is 31.0 Å². The van der Waals surface area contributed by atoms with Gasteiger partial charge in [0.1, 0.15) is 0 Å². The second-order valence-electron chi connectivity index (χ2n) is 5.49. The summed E-state index contributed by atoms with van der Waals surface area (Å²) in [6, 6.07) is 15.8. The minimum atomic E-state index is -3.27. The molecule has 2 aromatic carbocycles. The first kappa shape index (κ1) is 18.3. The lowest BCUT2D eigenvalue weighted by molar-refractivity contribution is 0.283. The molecule has 1 N–H and O–H groups in total. The first-order valence-electron chi connectivity index (χ1n) is 8.02. The number of nitrogens with zero attached hydrogens (tertiary/aromatic N) is 2. The number of aliphatic hydroxyl groups excluding tert-OH is 1. The number of aliphatic hydroxyl groups is 1. The zero-order valence-corrected chi connectivity index (χ0v) is 14.3. The molecule has 0 unspecified atom stereocenters. The van der Waals surface area contributed by atoms with Crippen molar-refractivity contribution in [3.63, 3.8) is 0 Å². The van der Waals surface area contributed by atoms with Gasteiger partial charge in [0.25, 0.3) is 0 Å². The van der Waals surface area contributed by atoms with E-state index >= 15 is 0 Å². The highest BCUT2D eigenvalue weighted by Crippen LogP contribution is 2.21. The highest BCUT2D eigenvalue weighted by atomic mass is 32.2. The molecule has 2 rings (SSSR count). The Morgan fingerprint density at radius 2 is 1.33 bits per heavy atom. The Hall–Kier alpha value is -2.05. The summed E-state index contributed by atoms with van der Waals surface area (Å²) in [5, 5.41) is 16.9. The minimum absolute atomic E-state index is 0.128. The predicted molar refractivity (Wildman–Crippen MR) is 94.7 cm³/mol. The average Bonchev–Trinajstić information content (AvgIpc) is 2.61. The minimum Gasteiger partial charge on any atom is -0.396 e. The first-order valence-corrected chi connectivity index (χ1v) is 9.67. The summed E-state index contributed by atoms with van der Waals surface area (Å²) in [5.41, 5.74) is 1.36. The van der Waals surface area contributed by atoms with Gasteiger partial charge in [0.2, 0.25) is 0 Å². The van der Waals surface area contributed by atoms with E-state index < -0.39 is 9.84 Å². The summed E-state index contributed by atoms with van der Waals surface area (Å²) < 4.78 is 24.5. The monoisotopic (exact) mass is 346 g/mol. The van der Waals surface area contributed by atoms with Gasteiger partial charge in [-0.25, -0.2) is 8.42 Å². The van der Waals surface area contributed by atoms with Crippen LogP contribution in [0.3, 0.4) is 0 Å². The van der Waals surface area contributed by atoms with Crippen molar-refractivity contribution in [1.82, 2.24) is 0 Å². The molecule has 0 aliphatic carbocycles. The van der Waals surface area contributed by atoms with Gasteiger partial charge in [-0.05, 0) is 49.2 Å². The molecule has 0 aliphatic heterocycles. The third-order valence-corrected chi connectivity index (χ3v) is 5.37. The molecule has 0 aliphatic rings. The van der Waals surface area contributed by atoms with Crippen LogP contribution in [0.25, 0.3) is 0 Å². The third-order valence-electron chi connectivity index (χ3n) is 3.55. The van der Waals surface area contributed by atoms with E-state index in [0.717, 1.165) is 24.9 Å². The molecule has 128 valence electrons. The van der Waals surface area contributed by atoms with E-state index in [-0.39, 0.29) is 12.4 Å². The van der Waals surface area contributed by atoms with E-state index in [0.29, 0.717) is 17.0 Å². The SMILES string of the molecule is O=S(=O)(CCCCCCO)c1ccc(/N=N/c2ccccc2)cc1. The summed E-state index contributed by atoms with van der Waals surface area (Å²) in [6.45, 7) is 0.158. The maximum atomic E-state index is 12.3. The van der Waals surface area contributed by atoms with Crippen LogP contribution in [0, 0.1) is 0 Å². The Kier molecular flexibility index (Phi) is 7.08. The van der Waals surface area contributed by atoms with Gasteiger partial charge >= 0.3 is 0 Å². The number of unbranched alkanes of at least 4 members (excludes halogenated alkanes) is 3. The average molecular weight is 346 g/mol. The first-order chi connectivity index (χ1) is 11.6. The van der Waals surface area contributed by atoms with E-state index in [9.17, 15) is 8.42 Å². The van der Waals surface area contributed by atoms with E-state index in [1.165, 1.54) is 0 Å². The summed E-state index contributed by atoms with van der Waals surface area (Å²) in [6.07, 6.45) is 2.99. The largest absolute Gasteiger partial charge is 0.396 e. The topological polar surface area (TPSA) is 79.1 Å². The number of azo groups is 1. The Morgan fingerprint density at radius 1 is 0.750 bits per heavy atom. The molecule has 5 nitrogen and oxygen atoms in total. The van der Waals surface area contributed by atoms with Crippen molar-refractivity contribution < 1.29 is 13.5 Å². The van der Waals surface area contributed by atoms with Crippen molar-refractivity contribution in [3.8, 4) is 0 Å². The second-order valence-corrected chi connectivity index (χ2v) is 7.60. The maximum Gasteiger partial charge on any atom is 0.178 e. The van der Waals surface area contributed by atoms with Crippen LogP contribution in [-0.2, 0) is 9.84 Å². The van der Waals surface area contributed by atoms with Gasteiger partial charge in [-0.2, -0.15) is 10.2 Å². The molecule has 0 amide bonds. The zero-order valence-electron chi connectivity index (χ0n) is 13.5. The predicted octanol–water partition coefficient (Wildman–Crippen LogP) is 4.43. The quantitative estimate of drug-likeness (QED) is 0.539. The van der Waals surface area contributed by atoms with Gasteiger partial charge in [0.05, 0.1) is 22.0 Å². The fraction of sp³-hybridized carbons (Fsp3) is 0.333. The van der Waals surface area contributed by atoms with Crippen LogP contribution in [0.4, 0.5) is 11.4 Å². The molecule has 0 saturated heterocycles. The number of benzene rings is 2. The fourth-order valence-corrected chi connectivity index (χ4v) is 3.58. The summed E-state index contributed by atoms with van der Waals surface area (Å²) in [5.74, 6) is 0.128. The molecule has 0 fully saturated rings. The molecule has 2 aromatic rings. The Labute approximate surface area is 143 Å². The molecule has 6 heteroatoms. The second kappa shape index (κ2) is 9.30. The van der Waals surface area contributed by atoms with Crippen LogP contribution in [0.5, 0.6) is 0 Å². The highest BCUT2D eigenvalue weighted by Gasteiger charge is 2.13. The Balaban J connectivity index is 1.94. The van der Waals surface area contributed by atoms with E-state index in [4.69, 9.17) is 5.11 Å². The molecule has 0 heterocycles. The molecule has 0 saturated carbocycles. The highest BCUT2D eigenvalue weighted by molar-refractivity contribution is 7.91. The molecular formula is C18H22N2O3S. The lowest BCUT2D eigenvalue weighted by atomic mass is 10.2. The Bertz CT molecular complexity index is 742. The van der Waals surface area contributed by atoms with E-state index in [1.54, 1.807) is 24.3 Å². The van der Waals surface area contributed by atoms with Crippen molar-refractivity contribution in [2.24, 2.45) is 10.2 Å². The van der Waals surface area contributed by atoms with Crippen LogP contribution in [0.1, 0.15) is 25.7 Å². The molecule has 0 atom stereocenters. The van der Waals surface area contributed by atoms with Crippen molar-refractivity contribution in [2.45, 2.75) is 30.6 Å². The number of hydrogen-bond donors (Lipinski definition) is 1. The number of sulfone groups is 1. The molecule has 0 spiro atoms. The molecule has 0 bridgehead atoms. The van der Waals surface area contributed by atoms with Gasteiger partial charge in [-0.15, -0.1) is 0 Å². The van der Waals surface area contributed by atoms with Crippen LogP contribution >= 0.6 is 0 Å². The van der Waals surface area contributed by atoms with Gasteiger partial charge in [0, 0.05) is 6.61 Å². The Morgan fingerprint density at radius 3 is 1.96 bits per heavy atom. The summed E-state index contributed by atoms with van der Waals surface area (Å²) >= 11 is 0. The number of rotatable bonds is 9. The zero-order chi connectivity index (χ0) is 17.3. The van der Waals surface area contributed by atoms with Crippen molar-refractivity contribution in [3.05, 3.63) is 54.6 Å². The van der Waals surface area contributed by atoms with Crippen molar-refractivity contribution in [1.29, 1.82) is 0 Å². The van der Waals surface area contributed by atoms with Crippen molar-refractivity contribution >= 4 is 21.2 Å².